The maximum absolute atomic E-state index is 11.5. The third-order valence-electron chi connectivity index (χ3n) is 3.59. The van der Waals surface area contributed by atoms with E-state index in [0.717, 1.165) is 13.1 Å². The minimum absolute atomic E-state index is 0.0741. The van der Waals surface area contributed by atoms with E-state index in [1.54, 1.807) is 7.11 Å². The van der Waals surface area contributed by atoms with Crippen molar-refractivity contribution in [2.45, 2.75) is 13.0 Å². The smallest absolute Gasteiger partial charge is 0.353 e. The molecule has 22 heavy (non-hydrogen) atoms. The summed E-state index contributed by atoms with van der Waals surface area (Å²) < 4.78 is 5.04. The topological polar surface area (TPSA) is 96.7 Å². The third kappa shape index (κ3) is 3.80. The van der Waals surface area contributed by atoms with Crippen molar-refractivity contribution in [1.82, 2.24) is 14.9 Å². The second-order valence-corrected chi connectivity index (χ2v) is 5.44. The van der Waals surface area contributed by atoms with Crippen LogP contribution in [0.4, 0.5) is 17.3 Å². The zero-order valence-corrected chi connectivity index (χ0v) is 13.2. The van der Waals surface area contributed by atoms with Crippen molar-refractivity contribution < 1.29 is 9.66 Å². The highest BCUT2D eigenvalue weighted by Gasteiger charge is 2.29. The highest BCUT2D eigenvalue weighted by atomic mass is 16.6. The molecule has 1 fully saturated rings. The number of nitrogens with one attached hydrogen (secondary N) is 1. The van der Waals surface area contributed by atoms with Crippen LogP contribution in [0.2, 0.25) is 0 Å². The predicted octanol–water partition coefficient (Wildman–Crippen LogP) is 0.583. The number of likely N-dealkylation sites (N-methyl/N-ethyl adjacent to an activating group) is 1. The van der Waals surface area contributed by atoms with Crippen LogP contribution in [0, 0.1) is 10.1 Å². The van der Waals surface area contributed by atoms with E-state index < -0.39 is 4.92 Å². The first-order valence-corrected chi connectivity index (χ1v) is 7.21. The van der Waals surface area contributed by atoms with E-state index in [4.69, 9.17) is 4.74 Å². The van der Waals surface area contributed by atoms with Gasteiger partial charge in [0.25, 0.3) is 0 Å². The normalized spacial score (nSPS) is 17.3. The Morgan fingerprint density at radius 3 is 2.68 bits per heavy atom. The molecule has 1 aromatic heterocycles. The molecule has 2 rings (SSSR count). The van der Waals surface area contributed by atoms with E-state index in [1.165, 1.54) is 6.33 Å². The van der Waals surface area contributed by atoms with Gasteiger partial charge in [0.1, 0.15) is 6.33 Å². The monoisotopic (exact) mass is 310 g/mol. The molecule has 1 unspecified atom stereocenters. The summed E-state index contributed by atoms with van der Waals surface area (Å²) in [6, 6.07) is -0.0843. The molecule has 1 aliphatic rings. The first-order valence-electron chi connectivity index (χ1n) is 7.21. The Bertz CT molecular complexity index is 518. The molecule has 0 aromatic carbocycles. The minimum Gasteiger partial charge on any atom is -0.383 e. The molecule has 0 aliphatic carbocycles. The summed E-state index contributed by atoms with van der Waals surface area (Å²) in [5.41, 5.74) is -0.0741. The Labute approximate surface area is 129 Å². The lowest BCUT2D eigenvalue weighted by atomic mass is 10.3. The van der Waals surface area contributed by atoms with Gasteiger partial charge in [0.05, 0.1) is 11.5 Å². The largest absolute Gasteiger partial charge is 0.383 e. The van der Waals surface area contributed by atoms with E-state index in [-0.39, 0.29) is 17.5 Å². The quantitative estimate of drug-likeness (QED) is 0.602. The van der Waals surface area contributed by atoms with E-state index in [2.05, 4.69) is 20.2 Å². The summed E-state index contributed by atoms with van der Waals surface area (Å²) in [6.07, 6.45) is 1.36. The van der Waals surface area contributed by atoms with Crippen molar-refractivity contribution in [1.29, 1.82) is 0 Å². The fourth-order valence-corrected chi connectivity index (χ4v) is 2.42. The number of ether oxygens (including phenoxy) is 1. The first-order chi connectivity index (χ1) is 10.5. The third-order valence-corrected chi connectivity index (χ3v) is 3.59. The highest BCUT2D eigenvalue weighted by molar-refractivity contribution is 5.70. The zero-order chi connectivity index (χ0) is 16.1. The van der Waals surface area contributed by atoms with Gasteiger partial charge < -0.3 is 19.9 Å². The maximum atomic E-state index is 11.5. The Morgan fingerprint density at radius 2 is 2.09 bits per heavy atom. The molecule has 1 saturated heterocycles. The van der Waals surface area contributed by atoms with E-state index in [0.29, 0.717) is 25.5 Å². The second-order valence-electron chi connectivity index (χ2n) is 5.44. The van der Waals surface area contributed by atoms with Gasteiger partial charge in [0.15, 0.2) is 0 Å². The van der Waals surface area contributed by atoms with Crippen LogP contribution in [0.15, 0.2) is 6.33 Å². The summed E-state index contributed by atoms with van der Waals surface area (Å²) in [6.45, 7) is 5.44. The molecule has 1 aromatic rings. The van der Waals surface area contributed by atoms with Crippen molar-refractivity contribution in [3.05, 3.63) is 16.4 Å². The minimum atomic E-state index is -0.421. The van der Waals surface area contributed by atoms with Gasteiger partial charge in [0.2, 0.25) is 11.6 Å². The predicted molar refractivity (Wildman–Crippen MR) is 83.4 cm³/mol. The number of nitro groups is 1. The van der Waals surface area contributed by atoms with Gasteiger partial charge in [-0.25, -0.2) is 9.97 Å². The fourth-order valence-electron chi connectivity index (χ4n) is 2.42. The molecular formula is C13H22N6O3. The lowest BCUT2D eigenvalue weighted by molar-refractivity contribution is -0.383. The SMILES string of the molecule is COCC(C)Nc1ncnc(N2CCN(C)CC2)c1[N+](=O)[O-]. The van der Waals surface area contributed by atoms with E-state index in [9.17, 15) is 10.1 Å². The van der Waals surface area contributed by atoms with Crippen molar-refractivity contribution in [3.8, 4) is 0 Å². The summed E-state index contributed by atoms with van der Waals surface area (Å²) in [5.74, 6) is 0.610. The average Bonchev–Trinajstić information content (AvgIpc) is 2.47. The van der Waals surface area contributed by atoms with Gasteiger partial charge in [-0.1, -0.05) is 0 Å². The summed E-state index contributed by atoms with van der Waals surface area (Å²) in [7, 11) is 3.62. The second kappa shape index (κ2) is 7.32. The van der Waals surface area contributed by atoms with Crippen LogP contribution in [0.1, 0.15) is 6.92 Å². The number of nitrogens with zero attached hydrogens (tertiary/aromatic N) is 5. The van der Waals surface area contributed by atoms with Crippen LogP contribution < -0.4 is 10.2 Å². The summed E-state index contributed by atoms with van der Waals surface area (Å²) >= 11 is 0. The number of aromatic nitrogens is 2. The Hall–Kier alpha value is -2.00. The lowest BCUT2D eigenvalue weighted by Crippen LogP contribution is -2.45. The molecule has 1 aliphatic heterocycles. The van der Waals surface area contributed by atoms with Crippen LogP contribution >= 0.6 is 0 Å². The van der Waals surface area contributed by atoms with Crippen molar-refractivity contribution in [3.63, 3.8) is 0 Å². The van der Waals surface area contributed by atoms with Gasteiger partial charge in [-0.3, -0.25) is 10.1 Å². The fraction of sp³-hybridized carbons (Fsp3) is 0.692. The first kappa shape index (κ1) is 16.4. The number of anilines is 2. The van der Waals surface area contributed by atoms with Gasteiger partial charge in [-0.05, 0) is 14.0 Å². The molecule has 9 nitrogen and oxygen atoms in total. The Kier molecular flexibility index (Phi) is 5.45. The number of hydrogen-bond donors (Lipinski definition) is 1. The molecule has 9 heteroatoms. The number of hydrogen-bond acceptors (Lipinski definition) is 8. The van der Waals surface area contributed by atoms with Gasteiger partial charge >= 0.3 is 5.69 Å². The molecule has 0 amide bonds. The van der Waals surface area contributed by atoms with Gasteiger partial charge in [-0.2, -0.15) is 0 Å². The van der Waals surface area contributed by atoms with Crippen LogP contribution in [0.3, 0.4) is 0 Å². The molecule has 2 heterocycles. The van der Waals surface area contributed by atoms with Crippen molar-refractivity contribution in [2.75, 3.05) is 57.2 Å². The Morgan fingerprint density at radius 1 is 1.41 bits per heavy atom. The zero-order valence-electron chi connectivity index (χ0n) is 13.2. The number of rotatable bonds is 6. The van der Waals surface area contributed by atoms with Crippen LogP contribution in [0.5, 0.6) is 0 Å². The van der Waals surface area contributed by atoms with Gasteiger partial charge in [-0.15, -0.1) is 0 Å². The molecule has 122 valence electrons. The van der Waals surface area contributed by atoms with Crippen molar-refractivity contribution >= 4 is 17.3 Å². The molecule has 0 bridgehead atoms. The number of methoxy groups -OCH3 is 1. The lowest BCUT2D eigenvalue weighted by Gasteiger charge is -2.32. The van der Waals surface area contributed by atoms with E-state index >= 15 is 0 Å². The molecule has 0 spiro atoms. The standard InChI is InChI=1S/C13H22N6O3/c1-10(8-22-3)16-12-11(19(20)21)13(15-9-14-12)18-6-4-17(2)5-7-18/h9-10H,4-8H2,1-3H3,(H,14,15,16). The van der Waals surface area contributed by atoms with Crippen LogP contribution in [-0.2, 0) is 4.74 Å². The average molecular weight is 310 g/mol. The maximum Gasteiger partial charge on any atom is 0.353 e. The summed E-state index contributed by atoms with van der Waals surface area (Å²) in [5, 5.41) is 14.5. The number of piperazine rings is 1. The Balaban J connectivity index is 2.28. The molecular weight excluding hydrogens is 288 g/mol. The van der Waals surface area contributed by atoms with Gasteiger partial charge in [0, 0.05) is 39.3 Å². The van der Waals surface area contributed by atoms with E-state index in [1.807, 2.05) is 18.9 Å². The molecule has 1 N–H and O–H groups in total. The molecule has 0 saturated carbocycles. The summed E-state index contributed by atoms with van der Waals surface area (Å²) in [4.78, 5) is 23.4. The van der Waals surface area contributed by atoms with Crippen molar-refractivity contribution in [2.24, 2.45) is 0 Å². The molecule has 1 atom stereocenters. The van der Waals surface area contributed by atoms with Crippen LogP contribution in [-0.4, -0.2) is 72.8 Å². The highest BCUT2D eigenvalue weighted by Crippen LogP contribution is 2.32. The molecule has 0 radical (unpaired) electrons. The van der Waals surface area contributed by atoms with Crippen LogP contribution in [0.25, 0.3) is 0 Å².